The zero-order chi connectivity index (χ0) is 9.14. The standard InChI is InChI=1S/C9H9ClNO/c1-6-3-7(9(12)11-2)5-8(10)4-6/h4-5H,1-2H3,(H,11,12). The summed E-state index contributed by atoms with van der Waals surface area (Å²) in [4.78, 5) is 11.1. The molecule has 0 unspecified atom stereocenters. The second kappa shape index (κ2) is 3.59. The molecule has 1 radical (unpaired) electrons. The van der Waals surface area contributed by atoms with Crippen molar-refractivity contribution in [3.63, 3.8) is 0 Å². The first-order chi connectivity index (χ1) is 5.63. The average Bonchev–Trinajstić information content (AvgIpc) is 2.01. The molecule has 0 fully saturated rings. The summed E-state index contributed by atoms with van der Waals surface area (Å²) < 4.78 is 0. The van der Waals surface area contributed by atoms with Crippen LogP contribution in [0.4, 0.5) is 0 Å². The van der Waals surface area contributed by atoms with Crippen molar-refractivity contribution in [3.8, 4) is 0 Å². The molecular formula is C9H9ClNO. The molecule has 0 atom stereocenters. The van der Waals surface area contributed by atoms with Crippen LogP contribution in [0.15, 0.2) is 12.1 Å². The second-order valence-corrected chi connectivity index (χ2v) is 2.91. The molecule has 63 valence electrons. The summed E-state index contributed by atoms with van der Waals surface area (Å²) in [6.07, 6.45) is 0. The number of carbonyl (C=O) groups is 1. The number of nitrogens with one attached hydrogen (secondary N) is 1. The van der Waals surface area contributed by atoms with Crippen LogP contribution in [-0.2, 0) is 0 Å². The van der Waals surface area contributed by atoms with Gasteiger partial charge in [0.25, 0.3) is 5.91 Å². The Hall–Kier alpha value is -1.02. The lowest BCUT2D eigenvalue weighted by Gasteiger charge is -2.00. The van der Waals surface area contributed by atoms with Crippen LogP contribution in [0.3, 0.4) is 0 Å². The monoisotopic (exact) mass is 182 g/mol. The molecule has 3 heteroatoms. The predicted octanol–water partition coefficient (Wildman–Crippen LogP) is 1.81. The molecule has 12 heavy (non-hydrogen) atoms. The van der Waals surface area contributed by atoms with Crippen molar-refractivity contribution in [2.75, 3.05) is 7.05 Å². The fraction of sp³-hybridized carbons (Fsp3) is 0.222. The zero-order valence-corrected chi connectivity index (χ0v) is 7.70. The summed E-state index contributed by atoms with van der Waals surface area (Å²) in [5, 5.41) is 3.07. The van der Waals surface area contributed by atoms with Gasteiger partial charge in [0, 0.05) is 17.6 Å². The first-order valence-electron chi connectivity index (χ1n) is 3.55. The van der Waals surface area contributed by atoms with E-state index in [2.05, 4.69) is 11.4 Å². The molecule has 2 nitrogen and oxygen atoms in total. The highest BCUT2D eigenvalue weighted by Gasteiger charge is 2.04. The van der Waals surface area contributed by atoms with E-state index in [0.717, 1.165) is 5.56 Å². The van der Waals surface area contributed by atoms with Gasteiger partial charge in [0.2, 0.25) is 0 Å². The normalized spacial score (nSPS) is 9.58. The Bertz CT molecular complexity index is 289. The fourth-order valence-electron chi connectivity index (χ4n) is 0.928. The Kier molecular flexibility index (Phi) is 2.71. The first kappa shape index (κ1) is 9.07. The maximum Gasteiger partial charge on any atom is 0.251 e. The number of amides is 1. The number of rotatable bonds is 1. The number of carbonyl (C=O) groups excluding carboxylic acids is 1. The number of hydrogen-bond acceptors (Lipinski definition) is 1. The molecule has 0 saturated heterocycles. The van der Waals surface area contributed by atoms with E-state index < -0.39 is 0 Å². The Morgan fingerprint density at radius 3 is 2.75 bits per heavy atom. The summed E-state index contributed by atoms with van der Waals surface area (Å²) in [5.41, 5.74) is 1.34. The molecule has 1 aromatic rings. The SMILES string of the molecule is CNC(=O)c1[c]c(C)cc(Cl)c1. The van der Waals surface area contributed by atoms with Crippen LogP contribution < -0.4 is 5.32 Å². The lowest BCUT2D eigenvalue weighted by molar-refractivity contribution is 0.0962. The molecule has 0 heterocycles. The third kappa shape index (κ3) is 1.98. The maximum atomic E-state index is 11.1. The van der Waals surface area contributed by atoms with Gasteiger partial charge in [-0.25, -0.2) is 0 Å². The molecule has 0 aromatic heterocycles. The average molecular weight is 183 g/mol. The van der Waals surface area contributed by atoms with Crippen LogP contribution in [0.5, 0.6) is 0 Å². The largest absolute Gasteiger partial charge is 0.355 e. The summed E-state index contributed by atoms with van der Waals surface area (Å²) in [7, 11) is 1.58. The first-order valence-corrected chi connectivity index (χ1v) is 3.93. The number of hydrogen-bond donors (Lipinski definition) is 1. The van der Waals surface area contributed by atoms with E-state index in [1.165, 1.54) is 0 Å². The van der Waals surface area contributed by atoms with Gasteiger partial charge >= 0.3 is 0 Å². The molecule has 1 rings (SSSR count). The summed E-state index contributed by atoms with van der Waals surface area (Å²) >= 11 is 5.75. The maximum absolute atomic E-state index is 11.1. The molecule has 0 bridgehead atoms. The third-order valence-corrected chi connectivity index (χ3v) is 1.66. The van der Waals surface area contributed by atoms with Crippen LogP contribution in [0.25, 0.3) is 0 Å². The molecular weight excluding hydrogens is 174 g/mol. The van der Waals surface area contributed by atoms with Gasteiger partial charge in [-0.15, -0.1) is 0 Å². The predicted molar refractivity (Wildman–Crippen MR) is 48.4 cm³/mol. The van der Waals surface area contributed by atoms with E-state index in [-0.39, 0.29) is 5.91 Å². The van der Waals surface area contributed by atoms with E-state index in [0.29, 0.717) is 10.6 Å². The van der Waals surface area contributed by atoms with Crippen molar-refractivity contribution in [2.45, 2.75) is 6.92 Å². The van der Waals surface area contributed by atoms with Gasteiger partial charge in [-0.2, -0.15) is 0 Å². The Morgan fingerprint density at radius 2 is 2.25 bits per heavy atom. The van der Waals surface area contributed by atoms with Crippen molar-refractivity contribution >= 4 is 17.5 Å². The number of aryl methyl sites for hydroxylation is 1. The Labute approximate surface area is 76.5 Å². The van der Waals surface area contributed by atoms with Crippen molar-refractivity contribution in [3.05, 3.63) is 34.3 Å². The van der Waals surface area contributed by atoms with Gasteiger partial charge in [-0.3, -0.25) is 4.79 Å². The van der Waals surface area contributed by atoms with E-state index in [1.807, 2.05) is 6.92 Å². The molecule has 0 saturated carbocycles. The van der Waals surface area contributed by atoms with Crippen LogP contribution in [0.2, 0.25) is 5.02 Å². The Morgan fingerprint density at radius 1 is 1.58 bits per heavy atom. The van der Waals surface area contributed by atoms with Gasteiger partial charge in [0.1, 0.15) is 0 Å². The van der Waals surface area contributed by atoms with Crippen LogP contribution in [0.1, 0.15) is 15.9 Å². The minimum atomic E-state index is -0.166. The van der Waals surface area contributed by atoms with E-state index in [9.17, 15) is 4.79 Å². The van der Waals surface area contributed by atoms with Crippen LogP contribution in [-0.4, -0.2) is 13.0 Å². The van der Waals surface area contributed by atoms with Crippen LogP contribution >= 0.6 is 11.6 Å². The number of halogens is 1. The van der Waals surface area contributed by atoms with Gasteiger partial charge < -0.3 is 5.32 Å². The van der Waals surface area contributed by atoms with E-state index in [1.54, 1.807) is 19.2 Å². The molecule has 0 aliphatic carbocycles. The van der Waals surface area contributed by atoms with Crippen molar-refractivity contribution in [2.24, 2.45) is 0 Å². The van der Waals surface area contributed by atoms with Gasteiger partial charge in [0.15, 0.2) is 0 Å². The lowest BCUT2D eigenvalue weighted by Crippen LogP contribution is -2.17. The molecule has 1 aromatic carbocycles. The van der Waals surface area contributed by atoms with Gasteiger partial charge in [0.05, 0.1) is 0 Å². The molecule has 1 amide bonds. The Balaban J connectivity index is 3.08. The van der Waals surface area contributed by atoms with E-state index in [4.69, 9.17) is 11.6 Å². The second-order valence-electron chi connectivity index (χ2n) is 2.47. The molecule has 0 spiro atoms. The summed E-state index contributed by atoms with van der Waals surface area (Å²) in [5.74, 6) is -0.166. The van der Waals surface area contributed by atoms with Crippen molar-refractivity contribution in [1.82, 2.24) is 5.32 Å². The zero-order valence-electron chi connectivity index (χ0n) is 6.94. The summed E-state index contributed by atoms with van der Waals surface area (Å²) in [6.45, 7) is 1.85. The lowest BCUT2D eigenvalue weighted by atomic mass is 10.1. The fourth-order valence-corrected chi connectivity index (χ4v) is 1.20. The third-order valence-electron chi connectivity index (χ3n) is 1.44. The number of benzene rings is 1. The van der Waals surface area contributed by atoms with Gasteiger partial charge in [-0.1, -0.05) is 11.6 Å². The van der Waals surface area contributed by atoms with Crippen molar-refractivity contribution in [1.29, 1.82) is 0 Å². The highest BCUT2D eigenvalue weighted by Crippen LogP contribution is 2.13. The molecule has 1 N–H and O–H groups in total. The highest BCUT2D eigenvalue weighted by atomic mass is 35.5. The molecule has 0 aliphatic heterocycles. The quantitative estimate of drug-likeness (QED) is 0.705. The smallest absolute Gasteiger partial charge is 0.251 e. The summed E-state index contributed by atoms with van der Waals surface area (Å²) in [6, 6.07) is 6.25. The minimum absolute atomic E-state index is 0.166. The highest BCUT2D eigenvalue weighted by molar-refractivity contribution is 6.31. The molecule has 0 aliphatic rings. The topological polar surface area (TPSA) is 29.1 Å². The van der Waals surface area contributed by atoms with Crippen LogP contribution in [0, 0.1) is 13.0 Å². The van der Waals surface area contributed by atoms with E-state index >= 15 is 0 Å². The van der Waals surface area contributed by atoms with Crippen molar-refractivity contribution < 1.29 is 4.79 Å². The minimum Gasteiger partial charge on any atom is -0.355 e. The van der Waals surface area contributed by atoms with Gasteiger partial charge in [-0.05, 0) is 30.7 Å².